The van der Waals surface area contributed by atoms with E-state index >= 15 is 0 Å². The van der Waals surface area contributed by atoms with Crippen LogP contribution in [0.3, 0.4) is 0 Å². The van der Waals surface area contributed by atoms with Gasteiger partial charge in [0.1, 0.15) is 11.3 Å². The van der Waals surface area contributed by atoms with Gasteiger partial charge in [0, 0.05) is 6.20 Å². The molecule has 0 spiro atoms. The monoisotopic (exact) mass is 358 g/mol. The van der Waals surface area contributed by atoms with E-state index in [0.717, 1.165) is 16.9 Å². The van der Waals surface area contributed by atoms with Crippen LogP contribution < -0.4 is 15.6 Å². The smallest absolute Gasteiger partial charge is 0.264 e. The summed E-state index contributed by atoms with van der Waals surface area (Å²) in [6.07, 6.45) is 3.45. The fourth-order valence-electron chi connectivity index (χ4n) is 3.11. The molecule has 1 aliphatic rings. The number of methoxy groups -OCH3 is 1. The molecular weight excluding hydrogens is 340 g/mol. The van der Waals surface area contributed by atoms with Gasteiger partial charge in [0.05, 0.1) is 25.0 Å². The van der Waals surface area contributed by atoms with E-state index in [4.69, 9.17) is 4.74 Å². The Morgan fingerprint density at radius 1 is 1.00 bits per heavy atom. The molecule has 1 N–H and O–H groups in total. The van der Waals surface area contributed by atoms with Gasteiger partial charge >= 0.3 is 0 Å². The van der Waals surface area contributed by atoms with Gasteiger partial charge in [-0.1, -0.05) is 42.5 Å². The van der Waals surface area contributed by atoms with Gasteiger partial charge < -0.3 is 14.6 Å². The molecule has 5 heteroatoms. The van der Waals surface area contributed by atoms with E-state index in [1.165, 1.54) is 0 Å². The number of benzene rings is 2. The molecule has 134 valence electrons. The van der Waals surface area contributed by atoms with Gasteiger partial charge in [-0.05, 0) is 35.4 Å². The number of hydrogen-bond acceptors (Lipinski definition) is 4. The number of carbonyl (C=O) groups is 1. The third kappa shape index (κ3) is 3.27. The van der Waals surface area contributed by atoms with E-state index in [-0.39, 0.29) is 16.9 Å². The minimum absolute atomic E-state index is 0.188. The van der Waals surface area contributed by atoms with Crippen LogP contribution in [0.15, 0.2) is 77.4 Å². The maximum atomic E-state index is 12.8. The molecule has 0 aliphatic carbocycles. The number of Topliss-reactive ketones (excluding diaryl/α,β-unsaturated/α-hetero) is 1. The van der Waals surface area contributed by atoms with Crippen molar-refractivity contribution < 1.29 is 9.53 Å². The number of carbonyl (C=O) groups excluding carboxylic acids is 1. The van der Waals surface area contributed by atoms with Gasteiger partial charge in [0.2, 0.25) is 5.78 Å². The first-order valence-corrected chi connectivity index (χ1v) is 8.60. The van der Waals surface area contributed by atoms with Crippen molar-refractivity contribution in [2.75, 3.05) is 12.4 Å². The maximum absolute atomic E-state index is 12.8. The second-order valence-corrected chi connectivity index (χ2v) is 6.31. The molecule has 0 amide bonds. The van der Waals surface area contributed by atoms with Crippen LogP contribution in [0.25, 0.3) is 6.08 Å². The number of anilines is 1. The van der Waals surface area contributed by atoms with Crippen LogP contribution in [0.1, 0.15) is 21.5 Å². The van der Waals surface area contributed by atoms with Gasteiger partial charge in [-0.3, -0.25) is 9.59 Å². The summed E-state index contributed by atoms with van der Waals surface area (Å²) in [5, 5.41) is 3.06. The molecule has 0 saturated heterocycles. The number of ketones is 1. The summed E-state index contributed by atoms with van der Waals surface area (Å²) in [6, 6.07) is 18.8. The van der Waals surface area contributed by atoms with E-state index in [2.05, 4.69) is 5.32 Å². The van der Waals surface area contributed by atoms with Crippen molar-refractivity contribution in [3.63, 3.8) is 0 Å². The second kappa shape index (κ2) is 6.96. The van der Waals surface area contributed by atoms with Crippen molar-refractivity contribution in [1.29, 1.82) is 0 Å². The van der Waals surface area contributed by atoms with Crippen molar-refractivity contribution in [2.45, 2.75) is 6.54 Å². The molecule has 27 heavy (non-hydrogen) atoms. The Labute approximate surface area is 156 Å². The Morgan fingerprint density at radius 3 is 2.44 bits per heavy atom. The SMILES string of the molecule is COc1ccc(/C=C2\Nc3ccn(Cc4ccccc4)c(=O)c3C2=O)cc1. The molecule has 3 aromatic rings. The number of nitrogens with one attached hydrogen (secondary N) is 1. The fraction of sp³-hybridized carbons (Fsp3) is 0.0909. The van der Waals surface area contributed by atoms with Crippen molar-refractivity contribution in [3.05, 3.63) is 99.6 Å². The normalized spacial score (nSPS) is 14.1. The van der Waals surface area contributed by atoms with E-state index < -0.39 is 0 Å². The summed E-state index contributed by atoms with van der Waals surface area (Å²) in [7, 11) is 1.60. The Hall–Kier alpha value is -3.60. The van der Waals surface area contributed by atoms with Crippen LogP contribution in [0.5, 0.6) is 5.75 Å². The summed E-state index contributed by atoms with van der Waals surface area (Å²) in [5.41, 5.74) is 2.70. The Balaban J connectivity index is 1.65. The first-order valence-electron chi connectivity index (χ1n) is 8.60. The molecule has 0 fully saturated rings. The highest BCUT2D eigenvalue weighted by atomic mass is 16.5. The second-order valence-electron chi connectivity index (χ2n) is 6.31. The molecule has 1 aliphatic heterocycles. The van der Waals surface area contributed by atoms with Crippen LogP contribution in [-0.2, 0) is 6.54 Å². The lowest BCUT2D eigenvalue weighted by molar-refractivity contribution is 0.104. The zero-order valence-electron chi connectivity index (χ0n) is 14.8. The lowest BCUT2D eigenvalue weighted by atomic mass is 10.1. The highest BCUT2D eigenvalue weighted by molar-refractivity contribution is 6.20. The third-order valence-electron chi connectivity index (χ3n) is 4.53. The quantitative estimate of drug-likeness (QED) is 0.725. The van der Waals surface area contributed by atoms with Crippen molar-refractivity contribution in [1.82, 2.24) is 4.57 Å². The average Bonchev–Trinajstić information content (AvgIpc) is 3.02. The first-order chi connectivity index (χ1) is 13.2. The minimum atomic E-state index is -0.285. The molecule has 0 unspecified atom stereocenters. The van der Waals surface area contributed by atoms with E-state index in [9.17, 15) is 9.59 Å². The summed E-state index contributed by atoms with van der Waals surface area (Å²) >= 11 is 0. The highest BCUT2D eigenvalue weighted by Crippen LogP contribution is 2.26. The van der Waals surface area contributed by atoms with Crippen molar-refractivity contribution in [2.24, 2.45) is 0 Å². The van der Waals surface area contributed by atoms with Crippen LogP contribution in [0.4, 0.5) is 5.69 Å². The zero-order chi connectivity index (χ0) is 18.8. The minimum Gasteiger partial charge on any atom is -0.497 e. The standard InChI is InChI=1S/C22H18N2O3/c1-27-17-9-7-15(8-10-17)13-19-21(25)20-18(23-19)11-12-24(22(20)26)14-16-5-3-2-4-6-16/h2-13,23H,14H2,1H3/b19-13-. The number of pyridine rings is 1. The van der Waals surface area contributed by atoms with Gasteiger partial charge in [-0.15, -0.1) is 0 Å². The molecule has 0 saturated carbocycles. The Kier molecular flexibility index (Phi) is 4.34. The molecule has 5 nitrogen and oxygen atoms in total. The first kappa shape index (κ1) is 16.8. The predicted octanol–water partition coefficient (Wildman–Crippen LogP) is 3.55. The average molecular weight is 358 g/mol. The number of fused-ring (bicyclic) bond motifs is 1. The highest BCUT2D eigenvalue weighted by Gasteiger charge is 2.28. The molecule has 2 heterocycles. The molecular formula is C22H18N2O3. The van der Waals surface area contributed by atoms with E-state index in [1.807, 2.05) is 54.6 Å². The molecule has 4 rings (SSSR count). The van der Waals surface area contributed by atoms with Gasteiger partial charge in [0.15, 0.2) is 0 Å². The van der Waals surface area contributed by atoms with Gasteiger partial charge in [-0.25, -0.2) is 0 Å². The van der Waals surface area contributed by atoms with E-state index in [1.54, 1.807) is 30.0 Å². The van der Waals surface area contributed by atoms with Crippen LogP contribution >= 0.6 is 0 Å². The van der Waals surface area contributed by atoms with Crippen molar-refractivity contribution in [3.8, 4) is 5.75 Å². The maximum Gasteiger partial charge on any atom is 0.264 e. The summed E-state index contributed by atoms with van der Waals surface area (Å²) in [5.74, 6) is 0.461. The van der Waals surface area contributed by atoms with Gasteiger partial charge in [0.25, 0.3) is 5.56 Å². The number of hydrogen-bond donors (Lipinski definition) is 1. The van der Waals surface area contributed by atoms with Gasteiger partial charge in [-0.2, -0.15) is 0 Å². The zero-order valence-corrected chi connectivity index (χ0v) is 14.8. The van der Waals surface area contributed by atoms with Crippen LogP contribution in [-0.4, -0.2) is 17.5 Å². The topological polar surface area (TPSA) is 60.3 Å². The van der Waals surface area contributed by atoms with E-state index in [0.29, 0.717) is 17.9 Å². The number of allylic oxidation sites excluding steroid dienone is 1. The third-order valence-corrected chi connectivity index (χ3v) is 4.53. The summed E-state index contributed by atoms with van der Waals surface area (Å²) in [6.45, 7) is 0.428. The molecule has 0 atom stereocenters. The molecule has 2 aromatic carbocycles. The van der Waals surface area contributed by atoms with Crippen LogP contribution in [0.2, 0.25) is 0 Å². The Morgan fingerprint density at radius 2 is 1.74 bits per heavy atom. The molecule has 1 aromatic heterocycles. The number of ether oxygens (including phenoxy) is 1. The summed E-state index contributed by atoms with van der Waals surface area (Å²) < 4.78 is 6.70. The summed E-state index contributed by atoms with van der Waals surface area (Å²) in [4.78, 5) is 25.6. The fourth-order valence-corrected chi connectivity index (χ4v) is 3.11. The predicted molar refractivity (Wildman–Crippen MR) is 105 cm³/mol. The van der Waals surface area contributed by atoms with Crippen LogP contribution in [0, 0.1) is 0 Å². The van der Waals surface area contributed by atoms with Crippen molar-refractivity contribution >= 4 is 17.5 Å². The molecule has 0 radical (unpaired) electrons. The Bertz CT molecular complexity index is 1080. The largest absolute Gasteiger partial charge is 0.497 e. The number of aromatic nitrogens is 1. The number of rotatable bonds is 4. The molecule has 0 bridgehead atoms. The lowest BCUT2D eigenvalue weighted by Crippen LogP contribution is -2.24. The lowest BCUT2D eigenvalue weighted by Gasteiger charge is -2.07. The number of nitrogens with zero attached hydrogens (tertiary/aromatic N) is 1.